The van der Waals surface area contributed by atoms with Crippen LogP contribution in [0.2, 0.25) is 0 Å². The van der Waals surface area contributed by atoms with Crippen LogP contribution in [0.15, 0.2) is 54.1 Å². The first-order chi connectivity index (χ1) is 12.9. The van der Waals surface area contributed by atoms with Crippen LogP contribution in [0.1, 0.15) is 22.7 Å². The highest BCUT2D eigenvalue weighted by Crippen LogP contribution is 2.39. The van der Waals surface area contributed by atoms with E-state index in [9.17, 15) is 14.7 Å². The fourth-order valence-electron chi connectivity index (χ4n) is 3.16. The van der Waals surface area contributed by atoms with Crippen molar-refractivity contribution >= 4 is 40.0 Å². The number of aliphatic hydroxyl groups is 1. The second-order valence-electron chi connectivity index (χ2n) is 6.40. The Morgan fingerprint density at radius 2 is 1.74 bits per heavy atom. The van der Waals surface area contributed by atoms with Gasteiger partial charge in [0.1, 0.15) is 5.76 Å². The van der Waals surface area contributed by atoms with Gasteiger partial charge in [-0.3, -0.25) is 9.59 Å². The summed E-state index contributed by atoms with van der Waals surface area (Å²) in [5.74, 6) is -1.45. The second kappa shape index (κ2) is 8.22. The fourth-order valence-corrected chi connectivity index (χ4v) is 3.52. The zero-order chi connectivity index (χ0) is 19.6. The molecule has 3 rings (SSSR count). The van der Waals surface area contributed by atoms with Gasteiger partial charge < -0.3 is 14.7 Å². The monoisotopic (exact) mass is 477 g/mol. The van der Waals surface area contributed by atoms with Crippen LogP contribution < -0.4 is 0 Å². The normalized spacial score (nSPS) is 18.9. The van der Waals surface area contributed by atoms with Crippen LogP contribution in [-0.4, -0.2) is 42.0 Å². The van der Waals surface area contributed by atoms with Gasteiger partial charge in [-0.25, -0.2) is 0 Å². The molecule has 0 unspecified atom stereocenters. The third-order valence-corrected chi connectivity index (χ3v) is 5.31. The molecule has 1 N–H and O–H groups in total. The van der Waals surface area contributed by atoms with E-state index in [1.165, 1.54) is 4.90 Å². The Labute approximate surface area is 171 Å². The lowest BCUT2D eigenvalue weighted by Gasteiger charge is -2.25. The summed E-state index contributed by atoms with van der Waals surface area (Å²) in [6.07, 6.45) is 0. The van der Waals surface area contributed by atoms with Crippen molar-refractivity contribution in [1.82, 2.24) is 4.90 Å². The molecule has 1 fully saturated rings. The minimum absolute atomic E-state index is 0.112. The molecule has 1 saturated heterocycles. The molecule has 1 aliphatic heterocycles. The van der Waals surface area contributed by atoms with Gasteiger partial charge in [0.05, 0.1) is 18.2 Å². The smallest absolute Gasteiger partial charge is 0.295 e. The molecule has 1 amide bonds. The van der Waals surface area contributed by atoms with Gasteiger partial charge in [0.15, 0.2) is 0 Å². The van der Waals surface area contributed by atoms with Crippen molar-refractivity contribution in [3.63, 3.8) is 0 Å². The zero-order valence-electron chi connectivity index (χ0n) is 15.1. The number of hydrogen-bond acceptors (Lipinski definition) is 4. The number of rotatable bonds is 5. The summed E-state index contributed by atoms with van der Waals surface area (Å²) < 4.78 is 6.14. The molecule has 0 bridgehead atoms. The number of aryl methyl sites for hydroxylation is 1. The first-order valence-corrected chi connectivity index (χ1v) is 9.61. The van der Waals surface area contributed by atoms with E-state index in [0.717, 1.165) is 14.7 Å². The van der Waals surface area contributed by atoms with Gasteiger partial charge in [-0.1, -0.05) is 42.0 Å². The SMILES string of the molecule is COCCN1C(=O)C(=O)/C(=C(/O)c2ccc(C)cc2)[C@@H]1c1ccc(I)cc1. The topological polar surface area (TPSA) is 66.8 Å². The predicted molar refractivity (Wildman–Crippen MR) is 111 cm³/mol. The standard InChI is InChI=1S/C21H20INO4/c1-13-3-5-15(6-4-13)19(24)17-18(14-7-9-16(22)10-8-14)23(11-12-27-2)21(26)20(17)25/h3-10,18,24H,11-12H2,1-2H3/b19-17+/t18-/m0/s1. The number of amides is 1. The Balaban J connectivity index is 2.14. The first-order valence-electron chi connectivity index (χ1n) is 8.54. The van der Waals surface area contributed by atoms with E-state index in [-0.39, 0.29) is 17.9 Å². The molecule has 5 nitrogen and oxygen atoms in total. The summed E-state index contributed by atoms with van der Waals surface area (Å²) in [5, 5.41) is 10.9. The van der Waals surface area contributed by atoms with Gasteiger partial charge >= 0.3 is 0 Å². The summed E-state index contributed by atoms with van der Waals surface area (Å²) >= 11 is 2.20. The lowest BCUT2D eigenvalue weighted by molar-refractivity contribution is -0.140. The number of halogens is 1. The number of Topliss-reactive ketones (excluding diaryl/α,β-unsaturated/α-hetero) is 1. The van der Waals surface area contributed by atoms with Crippen LogP contribution in [0.25, 0.3) is 5.76 Å². The maximum atomic E-state index is 12.8. The molecule has 2 aromatic rings. The third kappa shape index (κ3) is 3.91. The fraction of sp³-hybridized carbons (Fsp3) is 0.238. The molecule has 140 valence electrons. The molecular formula is C21H20INO4. The number of aliphatic hydroxyl groups excluding tert-OH is 1. The maximum absolute atomic E-state index is 12.8. The van der Waals surface area contributed by atoms with E-state index in [0.29, 0.717) is 12.2 Å². The van der Waals surface area contributed by atoms with E-state index in [1.807, 2.05) is 43.3 Å². The average Bonchev–Trinajstić information content (AvgIpc) is 2.91. The number of carbonyl (C=O) groups excluding carboxylic acids is 2. The van der Waals surface area contributed by atoms with Crippen LogP contribution in [0.4, 0.5) is 0 Å². The van der Waals surface area contributed by atoms with Gasteiger partial charge in [0.2, 0.25) is 0 Å². The summed E-state index contributed by atoms with van der Waals surface area (Å²) in [7, 11) is 1.54. The van der Waals surface area contributed by atoms with Crippen molar-refractivity contribution in [1.29, 1.82) is 0 Å². The highest BCUT2D eigenvalue weighted by Gasteiger charge is 2.45. The van der Waals surface area contributed by atoms with Crippen molar-refractivity contribution in [3.8, 4) is 0 Å². The maximum Gasteiger partial charge on any atom is 0.295 e. The Morgan fingerprint density at radius 3 is 2.33 bits per heavy atom. The van der Waals surface area contributed by atoms with Crippen LogP contribution in [0.5, 0.6) is 0 Å². The first kappa shape index (κ1) is 19.6. The Kier molecular flexibility index (Phi) is 5.96. The van der Waals surface area contributed by atoms with Crippen molar-refractivity contribution in [2.45, 2.75) is 13.0 Å². The van der Waals surface area contributed by atoms with Crippen LogP contribution in [0, 0.1) is 10.5 Å². The predicted octanol–water partition coefficient (Wildman–Crippen LogP) is 3.67. The minimum atomic E-state index is -0.673. The lowest BCUT2D eigenvalue weighted by Crippen LogP contribution is -2.32. The molecule has 0 saturated carbocycles. The largest absolute Gasteiger partial charge is 0.507 e. The number of benzene rings is 2. The highest BCUT2D eigenvalue weighted by atomic mass is 127. The molecule has 0 aliphatic carbocycles. The van der Waals surface area contributed by atoms with Crippen molar-refractivity contribution in [2.75, 3.05) is 20.3 Å². The van der Waals surface area contributed by atoms with Gasteiger partial charge in [-0.05, 0) is 47.2 Å². The van der Waals surface area contributed by atoms with Crippen molar-refractivity contribution in [2.24, 2.45) is 0 Å². The van der Waals surface area contributed by atoms with Crippen LogP contribution in [0.3, 0.4) is 0 Å². The lowest BCUT2D eigenvalue weighted by atomic mass is 9.95. The molecule has 27 heavy (non-hydrogen) atoms. The third-order valence-electron chi connectivity index (χ3n) is 4.59. The van der Waals surface area contributed by atoms with Crippen molar-refractivity contribution < 1.29 is 19.4 Å². The second-order valence-corrected chi connectivity index (χ2v) is 7.65. The summed E-state index contributed by atoms with van der Waals surface area (Å²) in [6, 6.07) is 14.2. The van der Waals surface area contributed by atoms with Crippen LogP contribution in [-0.2, 0) is 14.3 Å². The number of nitrogens with zero attached hydrogens (tertiary/aromatic N) is 1. The molecule has 1 aliphatic rings. The molecule has 0 aromatic heterocycles. The van der Waals surface area contributed by atoms with E-state index >= 15 is 0 Å². The average molecular weight is 477 g/mol. The van der Waals surface area contributed by atoms with Gasteiger partial charge in [0.25, 0.3) is 11.7 Å². The number of hydrogen-bond donors (Lipinski definition) is 1. The molecule has 0 spiro atoms. The van der Waals surface area contributed by atoms with Gasteiger partial charge in [-0.15, -0.1) is 0 Å². The Hall–Kier alpha value is -2.19. The molecule has 1 heterocycles. The van der Waals surface area contributed by atoms with E-state index < -0.39 is 17.7 Å². The summed E-state index contributed by atoms with van der Waals surface area (Å²) in [5.41, 5.74) is 2.45. The van der Waals surface area contributed by atoms with Gasteiger partial charge in [0, 0.05) is 22.8 Å². The minimum Gasteiger partial charge on any atom is -0.507 e. The van der Waals surface area contributed by atoms with E-state index in [4.69, 9.17) is 4.74 Å². The molecule has 1 atom stereocenters. The van der Waals surface area contributed by atoms with E-state index in [2.05, 4.69) is 22.6 Å². The summed E-state index contributed by atoms with van der Waals surface area (Å²) in [6.45, 7) is 2.51. The van der Waals surface area contributed by atoms with Crippen molar-refractivity contribution in [3.05, 3.63) is 74.4 Å². The number of carbonyl (C=O) groups is 2. The summed E-state index contributed by atoms with van der Waals surface area (Å²) in [4.78, 5) is 26.9. The quantitative estimate of drug-likeness (QED) is 0.309. The number of ketones is 1. The molecule has 0 radical (unpaired) electrons. The number of likely N-dealkylation sites (tertiary alicyclic amines) is 1. The molecular weight excluding hydrogens is 457 g/mol. The van der Waals surface area contributed by atoms with E-state index in [1.54, 1.807) is 19.2 Å². The highest BCUT2D eigenvalue weighted by molar-refractivity contribution is 14.1. The zero-order valence-corrected chi connectivity index (χ0v) is 17.3. The van der Waals surface area contributed by atoms with Crippen LogP contribution >= 0.6 is 22.6 Å². The number of methoxy groups -OCH3 is 1. The Morgan fingerprint density at radius 1 is 1.11 bits per heavy atom. The Bertz CT molecular complexity index is 887. The number of ether oxygens (including phenoxy) is 1. The van der Waals surface area contributed by atoms with Gasteiger partial charge in [-0.2, -0.15) is 0 Å². The molecule has 6 heteroatoms. The molecule has 2 aromatic carbocycles.